The Morgan fingerprint density at radius 2 is 1.96 bits per heavy atom. The van der Waals surface area contributed by atoms with Crippen LogP contribution in [0.2, 0.25) is 0 Å². The van der Waals surface area contributed by atoms with Crippen molar-refractivity contribution in [2.24, 2.45) is 0 Å². The zero-order chi connectivity index (χ0) is 16.1. The van der Waals surface area contributed by atoms with Crippen molar-refractivity contribution < 1.29 is 9.59 Å². The van der Waals surface area contributed by atoms with E-state index in [0.29, 0.717) is 6.54 Å². The van der Waals surface area contributed by atoms with Crippen molar-refractivity contribution in [3.63, 3.8) is 0 Å². The summed E-state index contributed by atoms with van der Waals surface area (Å²) in [6.07, 6.45) is 3.34. The normalized spacial score (nSPS) is 10.4. The fraction of sp³-hybridized carbons (Fsp3) is 0.125. The molecule has 2 heterocycles. The van der Waals surface area contributed by atoms with E-state index in [9.17, 15) is 9.59 Å². The van der Waals surface area contributed by atoms with E-state index in [4.69, 9.17) is 0 Å². The maximum absolute atomic E-state index is 12.1. The van der Waals surface area contributed by atoms with Crippen LogP contribution in [0.25, 0.3) is 10.9 Å². The minimum absolute atomic E-state index is 0.111. The van der Waals surface area contributed by atoms with Gasteiger partial charge >= 0.3 is 0 Å². The zero-order valence-electron chi connectivity index (χ0n) is 12.2. The topological polar surface area (TPSA) is 99.8 Å². The van der Waals surface area contributed by atoms with E-state index in [2.05, 4.69) is 25.8 Å². The molecule has 0 unspecified atom stereocenters. The third kappa shape index (κ3) is 3.52. The number of rotatable bonds is 5. The van der Waals surface area contributed by atoms with Crippen LogP contribution in [0, 0.1) is 0 Å². The summed E-state index contributed by atoms with van der Waals surface area (Å²) in [4.78, 5) is 27.9. The number of aromatic amines is 1. The minimum atomic E-state index is -0.390. The highest BCUT2D eigenvalue weighted by atomic mass is 16.2. The first-order valence-electron chi connectivity index (χ1n) is 7.11. The molecule has 7 nitrogen and oxygen atoms in total. The summed E-state index contributed by atoms with van der Waals surface area (Å²) in [7, 11) is 0. The number of carbonyl (C=O) groups excluding carboxylic acids is 2. The van der Waals surface area contributed by atoms with Gasteiger partial charge in [-0.3, -0.25) is 19.7 Å². The number of aromatic nitrogens is 3. The Balaban J connectivity index is 1.53. The second kappa shape index (κ2) is 6.69. The fourth-order valence-corrected chi connectivity index (χ4v) is 2.15. The van der Waals surface area contributed by atoms with E-state index in [-0.39, 0.29) is 24.1 Å². The second-order valence-corrected chi connectivity index (χ2v) is 4.94. The molecule has 0 bridgehead atoms. The molecule has 1 aromatic carbocycles. The number of benzene rings is 1. The van der Waals surface area contributed by atoms with E-state index in [1.54, 1.807) is 24.5 Å². The van der Waals surface area contributed by atoms with Crippen LogP contribution in [-0.4, -0.2) is 33.5 Å². The highest BCUT2D eigenvalue weighted by molar-refractivity contribution is 6.05. The van der Waals surface area contributed by atoms with E-state index in [0.717, 1.165) is 16.5 Å². The van der Waals surface area contributed by atoms with Crippen molar-refractivity contribution >= 4 is 22.7 Å². The molecular weight excluding hydrogens is 294 g/mol. The Morgan fingerprint density at radius 3 is 2.78 bits per heavy atom. The maximum Gasteiger partial charge on any atom is 0.272 e. The number of pyridine rings is 1. The Morgan fingerprint density at radius 1 is 1.09 bits per heavy atom. The van der Waals surface area contributed by atoms with Crippen molar-refractivity contribution in [3.05, 3.63) is 60.0 Å². The van der Waals surface area contributed by atoms with Crippen LogP contribution in [0.15, 0.2) is 48.8 Å². The summed E-state index contributed by atoms with van der Waals surface area (Å²) >= 11 is 0. The van der Waals surface area contributed by atoms with E-state index in [1.165, 1.54) is 0 Å². The maximum atomic E-state index is 12.1. The number of amides is 2. The molecule has 2 amide bonds. The largest absolute Gasteiger partial charge is 0.350 e. The van der Waals surface area contributed by atoms with Crippen LogP contribution < -0.4 is 10.6 Å². The van der Waals surface area contributed by atoms with Gasteiger partial charge < -0.3 is 10.6 Å². The van der Waals surface area contributed by atoms with Gasteiger partial charge in [-0.15, -0.1) is 0 Å². The number of fused-ring (bicyclic) bond motifs is 1. The smallest absolute Gasteiger partial charge is 0.272 e. The lowest BCUT2D eigenvalue weighted by Gasteiger charge is -2.06. The monoisotopic (exact) mass is 309 g/mol. The van der Waals surface area contributed by atoms with Crippen LogP contribution in [0.5, 0.6) is 0 Å². The lowest BCUT2D eigenvalue weighted by molar-refractivity contribution is -0.120. The Labute approximate surface area is 132 Å². The van der Waals surface area contributed by atoms with Gasteiger partial charge in [0.05, 0.1) is 12.1 Å². The average molecular weight is 309 g/mol. The number of para-hydroxylation sites is 1. The predicted molar refractivity (Wildman–Crippen MR) is 84.5 cm³/mol. The second-order valence-electron chi connectivity index (χ2n) is 4.94. The molecule has 2 aromatic heterocycles. The van der Waals surface area contributed by atoms with E-state index >= 15 is 0 Å². The Bertz CT molecular complexity index is 829. The van der Waals surface area contributed by atoms with Crippen molar-refractivity contribution in [1.29, 1.82) is 0 Å². The zero-order valence-corrected chi connectivity index (χ0v) is 12.2. The van der Waals surface area contributed by atoms with Crippen LogP contribution in [0.1, 0.15) is 16.1 Å². The molecule has 3 N–H and O–H groups in total. The molecule has 0 aliphatic rings. The van der Waals surface area contributed by atoms with Gasteiger partial charge in [0.1, 0.15) is 0 Å². The Hall–Kier alpha value is -3.22. The molecule has 0 fully saturated rings. The van der Waals surface area contributed by atoms with Gasteiger partial charge in [0, 0.05) is 24.3 Å². The molecule has 0 spiro atoms. The highest BCUT2D eigenvalue weighted by Crippen LogP contribution is 2.14. The SMILES string of the molecule is O=C(CNC(=O)c1n[nH]c2ccccc12)NCc1cccnc1. The van der Waals surface area contributed by atoms with Crippen molar-refractivity contribution in [2.75, 3.05) is 6.54 Å². The van der Waals surface area contributed by atoms with Gasteiger partial charge in [-0.2, -0.15) is 5.10 Å². The number of H-pyrrole nitrogens is 1. The number of hydrogen-bond donors (Lipinski definition) is 3. The third-order valence-corrected chi connectivity index (χ3v) is 3.31. The average Bonchev–Trinajstić information content (AvgIpc) is 3.03. The van der Waals surface area contributed by atoms with Gasteiger partial charge in [0.15, 0.2) is 5.69 Å². The predicted octanol–water partition coefficient (Wildman–Crippen LogP) is 1.00. The summed E-state index contributed by atoms with van der Waals surface area (Å²) in [5.74, 6) is -0.666. The van der Waals surface area contributed by atoms with Crippen LogP contribution in [-0.2, 0) is 11.3 Å². The van der Waals surface area contributed by atoms with Crippen molar-refractivity contribution in [2.45, 2.75) is 6.54 Å². The van der Waals surface area contributed by atoms with E-state index < -0.39 is 0 Å². The van der Waals surface area contributed by atoms with Gasteiger partial charge in [0.2, 0.25) is 5.91 Å². The van der Waals surface area contributed by atoms with Crippen molar-refractivity contribution in [1.82, 2.24) is 25.8 Å². The quantitative estimate of drug-likeness (QED) is 0.654. The number of nitrogens with zero attached hydrogens (tertiary/aromatic N) is 2. The summed E-state index contributed by atoms with van der Waals surface area (Å²) in [5.41, 5.74) is 1.95. The van der Waals surface area contributed by atoms with Gasteiger partial charge in [0.25, 0.3) is 5.91 Å². The number of carbonyl (C=O) groups is 2. The number of nitrogens with one attached hydrogen (secondary N) is 3. The molecule has 0 saturated carbocycles. The molecule has 0 aliphatic carbocycles. The molecule has 116 valence electrons. The molecule has 0 atom stereocenters. The lowest BCUT2D eigenvalue weighted by atomic mass is 10.2. The summed E-state index contributed by atoms with van der Waals surface area (Å²) < 4.78 is 0. The van der Waals surface area contributed by atoms with Crippen LogP contribution >= 0.6 is 0 Å². The molecular formula is C16H15N5O2. The van der Waals surface area contributed by atoms with Crippen LogP contribution in [0.4, 0.5) is 0 Å². The summed E-state index contributed by atoms with van der Waals surface area (Å²) in [6.45, 7) is 0.258. The molecule has 3 rings (SSSR count). The molecule has 0 aliphatic heterocycles. The van der Waals surface area contributed by atoms with Crippen molar-refractivity contribution in [3.8, 4) is 0 Å². The standard InChI is InChI=1S/C16H15N5O2/c22-14(18-9-11-4-3-7-17-8-11)10-19-16(23)15-12-5-1-2-6-13(12)20-21-15/h1-8H,9-10H2,(H,18,22)(H,19,23)(H,20,21). The molecule has 0 saturated heterocycles. The first-order chi connectivity index (χ1) is 11.2. The third-order valence-electron chi connectivity index (χ3n) is 3.31. The molecule has 7 heteroatoms. The highest BCUT2D eigenvalue weighted by Gasteiger charge is 2.14. The first-order valence-corrected chi connectivity index (χ1v) is 7.11. The van der Waals surface area contributed by atoms with E-state index in [1.807, 2.05) is 24.3 Å². The summed E-state index contributed by atoms with van der Waals surface area (Å²) in [6, 6.07) is 11.0. The Kier molecular flexibility index (Phi) is 4.28. The van der Waals surface area contributed by atoms with Gasteiger partial charge in [-0.1, -0.05) is 24.3 Å². The summed E-state index contributed by atoms with van der Waals surface area (Å²) in [5, 5.41) is 12.8. The lowest BCUT2D eigenvalue weighted by Crippen LogP contribution is -2.36. The first kappa shape index (κ1) is 14.7. The number of hydrogen-bond acceptors (Lipinski definition) is 4. The van der Waals surface area contributed by atoms with Gasteiger partial charge in [-0.25, -0.2) is 0 Å². The van der Waals surface area contributed by atoms with Gasteiger partial charge in [-0.05, 0) is 17.7 Å². The fourth-order valence-electron chi connectivity index (χ4n) is 2.15. The molecule has 23 heavy (non-hydrogen) atoms. The molecule has 0 radical (unpaired) electrons. The molecule has 3 aromatic rings. The minimum Gasteiger partial charge on any atom is -0.350 e. The van der Waals surface area contributed by atoms with Crippen LogP contribution in [0.3, 0.4) is 0 Å².